The van der Waals surface area contributed by atoms with Crippen LogP contribution in [0.4, 0.5) is 0 Å². The van der Waals surface area contributed by atoms with Crippen molar-refractivity contribution >= 4 is 21.7 Å². The molecule has 1 amide bonds. The minimum absolute atomic E-state index is 0.0228. The van der Waals surface area contributed by atoms with Gasteiger partial charge in [0.25, 0.3) is 0 Å². The molecule has 2 fully saturated rings. The Morgan fingerprint density at radius 3 is 2.24 bits per heavy atom. The molecule has 2 saturated heterocycles. The topological polar surface area (TPSA) is 90.5 Å². The van der Waals surface area contributed by atoms with Crippen LogP contribution < -0.4 is 4.74 Å². The highest BCUT2D eigenvalue weighted by Crippen LogP contribution is 2.28. The number of rotatable bonds is 10. The molecule has 1 unspecified atom stereocenters. The van der Waals surface area contributed by atoms with Gasteiger partial charge in [-0.25, -0.2) is 8.42 Å². The number of ketones is 1. The van der Waals surface area contributed by atoms with Gasteiger partial charge in [-0.05, 0) is 89.5 Å². The zero-order valence-corrected chi connectivity index (χ0v) is 24.1. The molecule has 2 aliphatic heterocycles. The van der Waals surface area contributed by atoms with Gasteiger partial charge in [0, 0.05) is 45.6 Å². The van der Waals surface area contributed by atoms with Crippen molar-refractivity contribution in [3.63, 3.8) is 0 Å². The maximum Gasteiger partial charge on any atom is 0.243 e. The Bertz CT molecular complexity index is 1050. The van der Waals surface area contributed by atoms with Gasteiger partial charge in [0.15, 0.2) is 0 Å². The highest BCUT2D eigenvalue weighted by Gasteiger charge is 2.32. The molecule has 208 valence electrons. The Morgan fingerprint density at radius 2 is 1.65 bits per heavy atom. The lowest BCUT2D eigenvalue weighted by Gasteiger charge is -2.43. The van der Waals surface area contributed by atoms with Crippen LogP contribution in [-0.4, -0.2) is 112 Å². The third-order valence-electron chi connectivity index (χ3n) is 7.93. The van der Waals surface area contributed by atoms with E-state index in [1.807, 2.05) is 7.05 Å². The number of Topliss-reactive ketones (excluding diaryl/α,β-unsaturated/α-hetero) is 1. The summed E-state index contributed by atoms with van der Waals surface area (Å²) in [6, 6.07) is 4.08. The maximum absolute atomic E-state index is 13.2. The summed E-state index contributed by atoms with van der Waals surface area (Å²) >= 11 is 0. The smallest absolute Gasteiger partial charge is 0.243 e. The monoisotopic (exact) mass is 536 g/mol. The maximum atomic E-state index is 13.2. The van der Waals surface area contributed by atoms with Gasteiger partial charge in [0.1, 0.15) is 11.5 Å². The van der Waals surface area contributed by atoms with Gasteiger partial charge in [0.05, 0.1) is 18.6 Å². The number of carbonyl (C=O) groups is 2. The molecule has 0 saturated carbocycles. The van der Waals surface area contributed by atoms with Crippen molar-refractivity contribution in [2.24, 2.45) is 0 Å². The Labute approximate surface area is 222 Å². The number of hydrogen-bond acceptors (Lipinski definition) is 7. The number of sulfonamides is 1. The van der Waals surface area contributed by atoms with E-state index in [9.17, 15) is 18.0 Å². The zero-order valence-electron chi connectivity index (χ0n) is 23.3. The van der Waals surface area contributed by atoms with Crippen molar-refractivity contribution in [1.29, 1.82) is 0 Å². The normalized spacial score (nSPS) is 20.2. The predicted molar refractivity (Wildman–Crippen MR) is 144 cm³/mol. The molecule has 37 heavy (non-hydrogen) atoms. The van der Waals surface area contributed by atoms with E-state index in [0.29, 0.717) is 22.9 Å². The highest BCUT2D eigenvalue weighted by molar-refractivity contribution is 7.89. The fourth-order valence-corrected chi connectivity index (χ4v) is 7.18. The first-order valence-corrected chi connectivity index (χ1v) is 14.7. The molecule has 1 atom stereocenters. The summed E-state index contributed by atoms with van der Waals surface area (Å²) in [4.78, 5) is 32.5. The average Bonchev–Trinajstić information content (AvgIpc) is 2.86. The van der Waals surface area contributed by atoms with Gasteiger partial charge in [-0.3, -0.25) is 14.5 Å². The molecule has 0 spiro atoms. The number of aryl methyl sites for hydroxylation is 2. The molecule has 0 N–H and O–H groups in total. The lowest BCUT2D eigenvalue weighted by molar-refractivity contribution is -0.135. The van der Waals surface area contributed by atoms with Crippen molar-refractivity contribution in [1.82, 2.24) is 19.0 Å². The molecule has 2 aliphatic rings. The number of amides is 1. The number of carbonyl (C=O) groups excluding carboxylic acids is 2. The molecule has 10 heteroatoms. The number of likely N-dealkylation sites (N-methyl/N-ethyl adjacent to an activating group) is 2. The summed E-state index contributed by atoms with van der Waals surface area (Å²) in [6.07, 6.45) is 4.49. The van der Waals surface area contributed by atoms with E-state index < -0.39 is 10.0 Å². The van der Waals surface area contributed by atoms with E-state index in [1.54, 1.807) is 30.9 Å². The molecule has 1 aromatic carbocycles. The van der Waals surface area contributed by atoms with Crippen LogP contribution in [0.25, 0.3) is 0 Å². The molecule has 0 aliphatic carbocycles. The first-order valence-electron chi connectivity index (χ1n) is 13.3. The fraction of sp³-hybridized carbons (Fsp3) is 0.704. The molecule has 0 radical (unpaired) electrons. The first kappa shape index (κ1) is 29.5. The Morgan fingerprint density at radius 1 is 1.03 bits per heavy atom. The quantitative estimate of drug-likeness (QED) is 0.453. The summed E-state index contributed by atoms with van der Waals surface area (Å²) < 4.78 is 32.7. The number of piperidine rings is 2. The fourth-order valence-electron chi connectivity index (χ4n) is 5.62. The van der Waals surface area contributed by atoms with E-state index in [-0.39, 0.29) is 42.0 Å². The van der Waals surface area contributed by atoms with Gasteiger partial charge < -0.3 is 14.5 Å². The van der Waals surface area contributed by atoms with Crippen molar-refractivity contribution in [3.05, 3.63) is 23.3 Å². The number of methoxy groups -OCH3 is 1. The molecule has 2 heterocycles. The summed E-state index contributed by atoms with van der Waals surface area (Å²) in [5.41, 5.74) is 1.13. The number of likely N-dealkylation sites (tertiary alicyclic amines) is 2. The standard InChI is InChI=1S/C27H44N4O5S/c1-20-16-25(36-6)17-21(2)27(20)37(34,35)29(4)19-24(32)9-10-26(33)30(5)23-8-7-13-31(18-23)22-11-14-28(3)15-12-22/h16-17,22-23H,7-15,18-19H2,1-6H3. The minimum Gasteiger partial charge on any atom is -0.497 e. The summed E-state index contributed by atoms with van der Waals surface area (Å²) in [5, 5.41) is 0. The number of nitrogens with zero attached hydrogens (tertiary/aromatic N) is 4. The van der Waals surface area contributed by atoms with Crippen molar-refractivity contribution < 1.29 is 22.7 Å². The van der Waals surface area contributed by atoms with E-state index >= 15 is 0 Å². The Kier molecular flexibility index (Phi) is 10.1. The molecule has 1 aromatic rings. The van der Waals surface area contributed by atoms with Gasteiger partial charge in [-0.1, -0.05) is 0 Å². The second-order valence-corrected chi connectivity index (χ2v) is 12.7. The van der Waals surface area contributed by atoms with E-state index in [2.05, 4.69) is 16.8 Å². The Hall–Kier alpha value is -2.01. The zero-order chi connectivity index (χ0) is 27.3. The van der Waals surface area contributed by atoms with Crippen LogP contribution in [0.15, 0.2) is 17.0 Å². The Balaban J connectivity index is 1.52. The molecule has 0 bridgehead atoms. The van der Waals surface area contributed by atoms with Gasteiger partial charge in [-0.15, -0.1) is 0 Å². The van der Waals surface area contributed by atoms with Crippen molar-refractivity contribution in [3.8, 4) is 5.75 Å². The van der Waals surface area contributed by atoms with Crippen LogP contribution in [0, 0.1) is 13.8 Å². The molecule has 9 nitrogen and oxygen atoms in total. The third-order valence-corrected chi connectivity index (χ3v) is 10.0. The lowest BCUT2D eigenvalue weighted by atomic mass is 9.97. The van der Waals surface area contributed by atoms with Crippen LogP contribution in [0.3, 0.4) is 0 Å². The largest absolute Gasteiger partial charge is 0.497 e. The van der Waals surface area contributed by atoms with Crippen LogP contribution >= 0.6 is 0 Å². The van der Waals surface area contributed by atoms with E-state index in [0.717, 1.165) is 43.3 Å². The number of benzene rings is 1. The van der Waals surface area contributed by atoms with Gasteiger partial charge in [-0.2, -0.15) is 4.31 Å². The summed E-state index contributed by atoms with van der Waals surface area (Å²) in [6.45, 7) is 7.36. The van der Waals surface area contributed by atoms with Crippen LogP contribution in [0.1, 0.15) is 49.7 Å². The SMILES string of the molecule is COc1cc(C)c(S(=O)(=O)N(C)CC(=O)CCC(=O)N(C)C2CCCN(C3CCN(C)CC3)C2)c(C)c1. The van der Waals surface area contributed by atoms with Crippen LogP contribution in [0.5, 0.6) is 5.75 Å². The van der Waals surface area contributed by atoms with E-state index in [1.165, 1.54) is 27.0 Å². The molecular weight excluding hydrogens is 492 g/mol. The summed E-state index contributed by atoms with van der Waals surface area (Å²) in [7, 11) is 3.08. The molecular formula is C27H44N4O5S. The lowest BCUT2D eigenvalue weighted by Crippen LogP contribution is -2.53. The summed E-state index contributed by atoms with van der Waals surface area (Å²) in [5.74, 6) is 0.256. The second kappa shape index (κ2) is 12.7. The number of hydrogen-bond donors (Lipinski definition) is 0. The average molecular weight is 537 g/mol. The second-order valence-electron chi connectivity index (χ2n) is 10.7. The van der Waals surface area contributed by atoms with Gasteiger partial charge >= 0.3 is 0 Å². The van der Waals surface area contributed by atoms with Crippen LogP contribution in [-0.2, 0) is 19.6 Å². The van der Waals surface area contributed by atoms with Gasteiger partial charge in [0.2, 0.25) is 15.9 Å². The highest BCUT2D eigenvalue weighted by atomic mass is 32.2. The third kappa shape index (κ3) is 7.31. The van der Waals surface area contributed by atoms with Crippen molar-refractivity contribution in [2.75, 3.05) is 61.0 Å². The number of ether oxygens (including phenoxy) is 1. The molecule has 0 aromatic heterocycles. The first-order chi connectivity index (χ1) is 17.4. The minimum atomic E-state index is -3.86. The van der Waals surface area contributed by atoms with E-state index in [4.69, 9.17) is 4.74 Å². The molecule has 3 rings (SSSR count). The predicted octanol–water partition coefficient (Wildman–Crippen LogP) is 2.30. The van der Waals surface area contributed by atoms with Crippen LogP contribution in [0.2, 0.25) is 0 Å². The van der Waals surface area contributed by atoms with Crippen molar-refractivity contribution in [2.45, 2.75) is 69.4 Å².